The van der Waals surface area contributed by atoms with E-state index in [9.17, 15) is 9.59 Å². The fourth-order valence-corrected chi connectivity index (χ4v) is 1.60. The minimum absolute atomic E-state index is 0.160. The molecule has 0 aliphatic rings. The van der Waals surface area contributed by atoms with Crippen molar-refractivity contribution in [2.24, 2.45) is 0 Å². The topological polar surface area (TPSA) is 75.6 Å². The Morgan fingerprint density at radius 2 is 2.22 bits per heavy atom. The summed E-state index contributed by atoms with van der Waals surface area (Å²) < 4.78 is 5.81. The number of halogens is 1. The molecule has 1 aromatic carbocycles. The van der Waals surface area contributed by atoms with E-state index in [2.05, 4.69) is 21.2 Å². The van der Waals surface area contributed by atoms with E-state index in [1.165, 1.54) is 6.92 Å². The molecule has 5 nitrogen and oxygen atoms in total. The standard InChI is InChI=1S/C12H14BrNO4/c1-8(12(16)17)18-6-5-14-11(15)9-3-2-4-10(13)7-9/h2-4,7-8H,5-6H2,1H3,(H,14,15)(H,16,17). The summed E-state index contributed by atoms with van der Waals surface area (Å²) in [5, 5.41) is 11.2. The lowest BCUT2D eigenvalue weighted by Crippen LogP contribution is -2.30. The molecule has 0 aliphatic heterocycles. The van der Waals surface area contributed by atoms with Crippen molar-refractivity contribution < 1.29 is 19.4 Å². The summed E-state index contributed by atoms with van der Waals surface area (Å²) in [4.78, 5) is 22.1. The number of aliphatic carboxylic acids is 1. The molecule has 6 heteroatoms. The molecule has 98 valence electrons. The third-order valence-corrected chi connectivity index (χ3v) is 2.68. The number of hydrogen-bond acceptors (Lipinski definition) is 3. The van der Waals surface area contributed by atoms with E-state index in [0.29, 0.717) is 5.56 Å². The lowest BCUT2D eigenvalue weighted by Gasteiger charge is -2.09. The number of carboxylic acid groups (broad SMARTS) is 1. The highest BCUT2D eigenvalue weighted by atomic mass is 79.9. The van der Waals surface area contributed by atoms with E-state index in [1.807, 2.05) is 6.07 Å². The first-order chi connectivity index (χ1) is 8.50. The maximum atomic E-state index is 11.7. The smallest absolute Gasteiger partial charge is 0.332 e. The number of carboxylic acids is 1. The van der Waals surface area contributed by atoms with Gasteiger partial charge in [0, 0.05) is 16.6 Å². The van der Waals surface area contributed by atoms with E-state index in [1.54, 1.807) is 18.2 Å². The van der Waals surface area contributed by atoms with Crippen molar-refractivity contribution in [3.8, 4) is 0 Å². The van der Waals surface area contributed by atoms with Crippen LogP contribution < -0.4 is 5.32 Å². The third kappa shape index (κ3) is 4.85. The fourth-order valence-electron chi connectivity index (χ4n) is 1.20. The molecule has 0 radical (unpaired) electrons. The van der Waals surface area contributed by atoms with Crippen LogP contribution in [-0.4, -0.2) is 36.2 Å². The van der Waals surface area contributed by atoms with Gasteiger partial charge in [0.15, 0.2) is 6.10 Å². The molecule has 1 rings (SSSR count). The van der Waals surface area contributed by atoms with Gasteiger partial charge in [0.2, 0.25) is 0 Å². The summed E-state index contributed by atoms with van der Waals surface area (Å²) in [6.07, 6.45) is -0.868. The molecule has 2 N–H and O–H groups in total. The van der Waals surface area contributed by atoms with Gasteiger partial charge in [-0.05, 0) is 25.1 Å². The van der Waals surface area contributed by atoms with Crippen molar-refractivity contribution in [2.75, 3.05) is 13.2 Å². The zero-order valence-electron chi connectivity index (χ0n) is 9.85. The number of ether oxygens (including phenoxy) is 1. The van der Waals surface area contributed by atoms with Crippen molar-refractivity contribution in [1.29, 1.82) is 0 Å². The van der Waals surface area contributed by atoms with Crippen LogP contribution in [0.3, 0.4) is 0 Å². The second kappa shape index (κ2) is 7.13. The van der Waals surface area contributed by atoms with Crippen LogP contribution in [0.15, 0.2) is 28.7 Å². The van der Waals surface area contributed by atoms with Gasteiger partial charge >= 0.3 is 5.97 Å². The predicted molar refractivity (Wildman–Crippen MR) is 69.5 cm³/mol. The maximum absolute atomic E-state index is 11.7. The van der Waals surface area contributed by atoms with Crippen LogP contribution in [-0.2, 0) is 9.53 Å². The van der Waals surface area contributed by atoms with Gasteiger partial charge in [-0.2, -0.15) is 0 Å². The Labute approximate surface area is 113 Å². The Bertz CT molecular complexity index is 436. The zero-order valence-corrected chi connectivity index (χ0v) is 11.4. The predicted octanol–water partition coefficient (Wildman–Crippen LogP) is 1.67. The molecule has 0 spiro atoms. The van der Waals surface area contributed by atoms with Crippen molar-refractivity contribution in [2.45, 2.75) is 13.0 Å². The third-order valence-electron chi connectivity index (χ3n) is 2.19. The van der Waals surface area contributed by atoms with Crippen LogP contribution in [0.2, 0.25) is 0 Å². The normalized spacial score (nSPS) is 11.9. The summed E-state index contributed by atoms with van der Waals surface area (Å²) in [6, 6.07) is 6.99. The number of carbonyl (C=O) groups is 2. The minimum atomic E-state index is -1.02. The van der Waals surface area contributed by atoms with Gasteiger partial charge in [0.25, 0.3) is 5.91 Å². The molecule has 0 saturated carbocycles. The Morgan fingerprint density at radius 3 is 2.83 bits per heavy atom. The molecule has 0 aliphatic carbocycles. The summed E-state index contributed by atoms with van der Waals surface area (Å²) in [7, 11) is 0. The number of nitrogens with one attached hydrogen (secondary N) is 1. The lowest BCUT2D eigenvalue weighted by molar-refractivity contribution is -0.148. The Kier molecular flexibility index (Phi) is 5.80. The zero-order chi connectivity index (χ0) is 13.5. The monoisotopic (exact) mass is 315 g/mol. The lowest BCUT2D eigenvalue weighted by atomic mass is 10.2. The summed E-state index contributed by atoms with van der Waals surface area (Å²) in [6.45, 7) is 1.87. The van der Waals surface area contributed by atoms with Gasteiger partial charge in [-0.3, -0.25) is 4.79 Å². The van der Waals surface area contributed by atoms with Gasteiger partial charge in [-0.15, -0.1) is 0 Å². The van der Waals surface area contributed by atoms with Crippen molar-refractivity contribution in [1.82, 2.24) is 5.32 Å². The van der Waals surface area contributed by atoms with Gasteiger partial charge < -0.3 is 15.2 Å². The van der Waals surface area contributed by atoms with Gasteiger partial charge in [-0.25, -0.2) is 4.79 Å². The van der Waals surface area contributed by atoms with Crippen molar-refractivity contribution in [3.05, 3.63) is 34.3 Å². The molecule has 18 heavy (non-hydrogen) atoms. The summed E-state index contributed by atoms with van der Waals surface area (Å²) in [5.74, 6) is -1.24. The molecule has 0 aromatic heterocycles. The average molecular weight is 316 g/mol. The molecule has 0 heterocycles. The molecule has 1 amide bonds. The van der Waals surface area contributed by atoms with E-state index in [4.69, 9.17) is 9.84 Å². The molecule has 0 fully saturated rings. The SMILES string of the molecule is CC(OCCNC(=O)c1cccc(Br)c1)C(=O)O. The first kappa shape index (κ1) is 14.7. The molecular formula is C12H14BrNO4. The molecule has 0 bridgehead atoms. The summed E-state index contributed by atoms with van der Waals surface area (Å²) in [5.41, 5.74) is 0.538. The highest BCUT2D eigenvalue weighted by Gasteiger charge is 2.10. The fraction of sp³-hybridized carbons (Fsp3) is 0.333. The quantitative estimate of drug-likeness (QED) is 0.783. The van der Waals surface area contributed by atoms with Crippen molar-refractivity contribution in [3.63, 3.8) is 0 Å². The largest absolute Gasteiger partial charge is 0.479 e. The Hall–Kier alpha value is -1.40. The van der Waals surface area contributed by atoms with Crippen LogP contribution in [0.4, 0.5) is 0 Å². The molecule has 1 aromatic rings. The maximum Gasteiger partial charge on any atom is 0.332 e. The first-order valence-corrected chi connectivity index (χ1v) is 6.18. The van der Waals surface area contributed by atoms with E-state index in [-0.39, 0.29) is 19.1 Å². The number of benzene rings is 1. The molecule has 1 atom stereocenters. The molecule has 1 unspecified atom stereocenters. The second-order valence-corrected chi connectivity index (χ2v) is 4.53. The number of amides is 1. The number of carbonyl (C=O) groups excluding carboxylic acids is 1. The Morgan fingerprint density at radius 1 is 1.50 bits per heavy atom. The van der Waals surface area contributed by atoms with Crippen LogP contribution in [0.25, 0.3) is 0 Å². The van der Waals surface area contributed by atoms with E-state index < -0.39 is 12.1 Å². The van der Waals surface area contributed by atoms with E-state index >= 15 is 0 Å². The van der Waals surface area contributed by atoms with Gasteiger partial charge in [0.1, 0.15) is 0 Å². The van der Waals surface area contributed by atoms with Crippen LogP contribution in [0.5, 0.6) is 0 Å². The van der Waals surface area contributed by atoms with Gasteiger partial charge in [-0.1, -0.05) is 22.0 Å². The van der Waals surface area contributed by atoms with Gasteiger partial charge in [0.05, 0.1) is 6.61 Å². The van der Waals surface area contributed by atoms with Crippen LogP contribution >= 0.6 is 15.9 Å². The van der Waals surface area contributed by atoms with Crippen LogP contribution in [0.1, 0.15) is 17.3 Å². The molecule has 0 saturated heterocycles. The first-order valence-electron chi connectivity index (χ1n) is 5.39. The minimum Gasteiger partial charge on any atom is -0.479 e. The highest BCUT2D eigenvalue weighted by molar-refractivity contribution is 9.10. The highest BCUT2D eigenvalue weighted by Crippen LogP contribution is 2.11. The van der Waals surface area contributed by atoms with Crippen molar-refractivity contribution >= 4 is 27.8 Å². The van der Waals surface area contributed by atoms with Crippen LogP contribution in [0, 0.1) is 0 Å². The number of rotatable bonds is 6. The summed E-state index contributed by atoms with van der Waals surface area (Å²) >= 11 is 3.28. The Balaban J connectivity index is 2.32. The second-order valence-electron chi connectivity index (χ2n) is 3.62. The number of hydrogen-bond donors (Lipinski definition) is 2. The van der Waals surface area contributed by atoms with E-state index in [0.717, 1.165) is 4.47 Å². The molecular weight excluding hydrogens is 302 g/mol. The average Bonchev–Trinajstić information content (AvgIpc) is 2.33.